The number of hydrogen-bond donors (Lipinski definition) is 0. The predicted molar refractivity (Wildman–Crippen MR) is 132 cm³/mol. The Bertz CT molecular complexity index is 1200. The van der Waals surface area contributed by atoms with E-state index in [2.05, 4.69) is 5.10 Å². The summed E-state index contributed by atoms with van der Waals surface area (Å²) >= 11 is 6.44. The fourth-order valence-corrected chi connectivity index (χ4v) is 5.20. The van der Waals surface area contributed by atoms with E-state index in [1.54, 1.807) is 45.6 Å². The Morgan fingerprint density at radius 3 is 2.49 bits per heavy atom. The Hall–Kier alpha value is -2.75. The number of amides is 2. The van der Waals surface area contributed by atoms with Crippen LogP contribution in [0, 0.1) is 0 Å². The second kappa shape index (κ2) is 9.85. The molecule has 1 aromatic carbocycles. The Morgan fingerprint density at radius 2 is 1.86 bits per heavy atom. The van der Waals surface area contributed by atoms with Crippen LogP contribution < -0.4 is 0 Å². The maximum absolute atomic E-state index is 13.7. The number of benzene rings is 1. The number of halogens is 4. The predicted octanol–water partition coefficient (Wildman–Crippen LogP) is 6.41. The minimum atomic E-state index is -4.75. The molecule has 0 aliphatic carbocycles. The van der Waals surface area contributed by atoms with Crippen molar-refractivity contribution >= 4 is 23.6 Å². The molecule has 0 saturated carbocycles. The van der Waals surface area contributed by atoms with Gasteiger partial charge >= 0.3 is 12.3 Å². The van der Waals surface area contributed by atoms with E-state index in [-0.39, 0.29) is 25.2 Å². The van der Waals surface area contributed by atoms with Crippen LogP contribution in [0.5, 0.6) is 0 Å². The summed E-state index contributed by atoms with van der Waals surface area (Å²) in [5.74, 6) is -0.721. The van der Waals surface area contributed by atoms with Gasteiger partial charge < -0.3 is 14.5 Å². The number of nitrogens with zero attached hydrogens (tertiary/aromatic N) is 4. The van der Waals surface area contributed by atoms with Crippen molar-refractivity contribution in [3.63, 3.8) is 0 Å². The number of alkyl halides is 3. The number of fused-ring (bicyclic) bond motifs is 1. The van der Waals surface area contributed by atoms with Gasteiger partial charge in [-0.1, -0.05) is 11.6 Å². The third-order valence-electron chi connectivity index (χ3n) is 6.63. The lowest BCUT2D eigenvalue weighted by Crippen LogP contribution is -2.39. The second-order valence-corrected chi connectivity index (χ2v) is 11.3. The molecule has 2 amide bonds. The van der Waals surface area contributed by atoms with E-state index in [0.29, 0.717) is 24.4 Å². The largest absolute Gasteiger partial charge is 0.444 e. The zero-order chi connectivity index (χ0) is 27.3. The van der Waals surface area contributed by atoms with Crippen molar-refractivity contribution in [1.82, 2.24) is 19.6 Å². The van der Waals surface area contributed by atoms with E-state index in [1.165, 1.54) is 11.1 Å². The quantitative estimate of drug-likeness (QED) is 0.451. The minimum Gasteiger partial charge on any atom is -0.444 e. The van der Waals surface area contributed by atoms with Gasteiger partial charge in [0.05, 0.1) is 11.6 Å². The van der Waals surface area contributed by atoms with Crippen LogP contribution in [0.1, 0.15) is 92.3 Å². The molecule has 2 aliphatic rings. The third-order valence-corrected chi connectivity index (χ3v) is 6.85. The van der Waals surface area contributed by atoms with Gasteiger partial charge in [-0.3, -0.25) is 9.48 Å². The highest BCUT2D eigenvalue weighted by molar-refractivity contribution is 6.30. The van der Waals surface area contributed by atoms with Crippen LogP contribution in [0.4, 0.5) is 18.0 Å². The minimum absolute atomic E-state index is 0.115. The maximum atomic E-state index is 13.7. The number of hydrogen-bond acceptors (Lipinski definition) is 4. The van der Waals surface area contributed by atoms with Gasteiger partial charge in [0.25, 0.3) is 5.91 Å². The van der Waals surface area contributed by atoms with Gasteiger partial charge in [-0.05, 0) is 82.7 Å². The monoisotopic (exact) mass is 540 g/mol. The summed E-state index contributed by atoms with van der Waals surface area (Å²) in [4.78, 5) is 29.4. The van der Waals surface area contributed by atoms with Gasteiger partial charge in [0, 0.05) is 36.9 Å². The highest BCUT2D eigenvalue weighted by Gasteiger charge is 2.41. The molecule has 11 heteroatoms. The molecule has 1 atom stereocenters. The number of carbonyl (C=O) groups is 2. The lowest BCUT2D eigenvalue weighted by molar-refractivity contribution is -0.142. The fraction of sp³-hybridized carbons (Fsp3) is 0.577. The van der Waals surface area contributed by atoms with Gasteiger partial charge in [-0.25, -0.2) is 4.79 Å². The zero-order valence-corrected chi connectivity index (χ0v) is 22.4. The smallest absolute Gasteiger partial charge is 0.435 e. The fourth-order valence-electron chi connectivity index (χ4n) is 4.95. The summed E-state index contributed by atoms with van der Waals surface area (Å²) in [7, 11) is 0. The van der Waals surface area contributed by atoms with Crippen molar-refractivity contribution in [3.8, 4) is 0 Å². The summed E-state index contributed by atoms with van der Waals surface area (Å²) in [6, 6.07) is 2.98. The molecule has 1 aromatic heterocycles. The van der Waals surface area contributed by atoms with Crippen molar-refractivity contribution in [2.45, 2.75) is 84.3 Å². The maximum Gasteiger partial charge on any atom is 0.435 e. The Morgan fingerprint density at radius 1 is 1.16 bits per heavy atom. The topological polar surface area (TPSA) is 67.7 Å². The van der Waals surface area contributed by atoms with E-state index in [1.807, 2.05) is 6.07 Å². The Balaban J connectivity index is 1.67. The molecular formula is C26H32ClF3N4O3. The first-order chi connectivity index (χ1) is 17.2. The average molecular weight is 541 g/mol. The van der Waals surface area contributed by atoms with Crippen LogP contribution >= 0.6 is 11.6 Å². The Labute approximate surface area is 219 Å². The molecule has 202 valence electrons. The van der Waals surface area contributed by atoms with Gasteiger partial charge in [0.15, 0.2) is 5.69 Å². The molecule has 1 fully saturated rings. The second-order valence-electron chi connectivity index (χ2n) is 10.9. The van der Waals surface area contributed by atoms with Crippen molar-refractivity contribution < 1.29 is 27.5 Å². The highest BCUT2D eigenvalue weighted by Crippen LogP contribution is 2.40. The normalized spacial score (nSPS) is 18.4. The first-order valence-corrected chi connectivity index (χ1v) is 12.8. The van der Waals surface area contributed by atoms with Crippen molar-refractivity contribution in [2.24, 2.45) is 0 Å². The first-order valence-electron chi connectivity index (χ1n) is 12.4. The molecule has 1 unspecified atom stereocenters. The van der Waals surface area contributed by atoms with Crippen molar-refractivity contribution in [1.29, 1.82) is 0 Å². The van der Waals surface area contributed by atoms with E-state index in [9.17, 15) is 22.8 Å². The van der Waals surface area contributed by atoms with Gasteiger partial charge in [-0.2, -0.15) is 18.3 Å². The van der Waals surface area contributed by atoms with E-state index in [4.69, 9.17) is 16.3 Å². The molecule has 37 heavy (non-hydrogen) atoms. The summed E-state index contributed by atoms with van der Waals surface area (Å²) in [5, 5.41) is 4.18. The number of rotatable bonds is 3. The number of aromatic nitrogens is 2. The van der Waals surface area contributed by atoms with Crippen LogP contribution in [0.25, 0.3) is 0 Å². The van der Waals surface area contributed by atoms with E-state index >= 15 is 0 Å². The summed E-state index contributed by atoms with van der Waals surface area (Å²) in [6.07, 6.45) is -2.10. The van der Waals surface area contributed by atoms with Crippen LogP contribution in [-0.4, -0.2) is 50.3 Å². The number of ether oxygens (including phenoxy) is 1. The number of carbonyl (C=O) groups excluding carboxylic acids is 2. The zero-order valence-electron chi connectivity index (χ0n) is 21.7. The molecular weight excluding hydrogens is 509 g/mol. The number of likely N-dealkylation sites (tertiary alicyclic amines) is 1. The van der Waals surface area contributed by atoms with Crippen LogP contribution in [-0.2, 0) is 23.9 Å². The molecule has 1 saturated heterocycles. The lowest BCUT2D eigenvalue weighted by Gasteiger charge is -2.34. The summed E-state index contributed by atoms with van der Waals surface area (Å²) in [5.41, 5.74) is 0.248. The molecule has 0 radical (unpaired) electrons. The first kappa shape index (κ1) is 27.3. The SMILES string of the molecule is CC(C)n1cc(C(=O)N2CCc3cc(Cl)cc(C4CCCN4C(=O)OC(C)(C)C)c3C2)c(C(F)(F)F)n1. The van der Waals surface area contributed by atoms with Crippen LogP contribution in [0.15, 0.2) is 18.3 Å². The van der Waals surface area contributed by atoms with Gasteiger partial charge in [0.2, 0.25) is 0 Å². The molecule has 4 rings (SSSR count). The summed E-state index contributed by atoms with van der Waals surface area (Å²) in [6.45, 7) is 9.69. The van der Waals surface area contributed by atoms with Crippen molar-refractivity contribution in [3.05, 3.63) is 51.3 Å². The lowest BCUT2D eigenvalue weighted by atomic mass is 9.90. The third kappa shape index (κ3) is 5.73. The Kier molecular flexibility index (Phi) is 7.27. The molecule has 7 nitrogen and oxygen atoms in total. The molecule has 2 aromatic rings. The molecule has 0 spiro atoms. The molecule has 0 N–H and O–H groups in total. The van der Waals surface area contributed by atoms with Gasteiger partial charge in [-0.15, -0.1) is 0 Å². The molecule has 3 heterocycles. The molecule has 2 aliphatic heterocycles. The van der Waals surface area contributed by atoms with Gasteiger partial charge in [0.1, 0.15) is 5.60 Å². The average Bonchev–Trinajstić information content (AvgIpc) is 3.44. The summed E-state index contributed by atoms with van der Waals surface area (Å²) < 4.78 is 48.0. The standard InChI is InChI=1S/C26H32ClF3N4O3/c1-15(2)34-14-20(22(31-34)26(28,29)30)23(35)32-10-8-16-11-17(27)12-18(19(16)13-32)21-7-6-9-33(21)24(36)37-25(3,4)5/h11-12,14-15,21H,6-10,13H2,1-5H3. The van der Waals surface area contributed by atoms with E-state index < -0.39 is 35.0 Å². The van der Waals surface area contributed by atoms with Crippen molar-refractivity contribution in [2.75, 3.05) is 13.1 Å². The highest BCUT2D eigenvalue weighted by atomic mass is 35.5. The van der Waals surface area contributed by atoms with Crippen LogP contribution in [0.3, 0.4) is 0 Å². The van der Waals surface area contributed by atoms with Crippen LogP contribution in [0.2, 0.25) is 5.02 Å². The van der Waals surface area contributed by atoms with E-state index in [0.717, 1.165) is 27.8 Å². The molecule has 0 bridgehead atoms.